The molecular weight excluding hydrogens is 238 g/mol. The molecule has 0 saturated carbocycles. The lowest BCUT2D eigenvalue weighted by atomic mass is 10.1. The Bertz CT molecular complexity index is 229. The molecule has 0 bridgehead atoms. The normalized spacial score (nSPS) is 14.4. The Morgan fingerprint density at radius 1 is 0.895 bits per heavy atom. The summed E-state index contributed by atoms with van der Waals surface area (Å²) in [7, 11) is 0. The fourth-order valence-electron chi connectivity index (χ4n) is 2.16. The Labute approximate surface area is 118 Å². The molecule has 4 nitrogen and oxygen atoms in total. The van der Waals surface area contributed by atoms with Gasteiger partial charge in [-0.05, 0) is 6.42 Å². The molecule has 0 atom stereocenters. The summed E-state index contributed by atoms with van der Waals surface area (Å²) >= 11 is 0. The van der Waals surface area contributed by atoms with E-state index < -0.39 is 0 Å². The number of nitrogens with zero attached hydrogens (tertiary/aromatic N) is 1. The molecule has 2 N–H and O–H groups in total. The van der Waals surface area contributed by atoms with Crippen molar-refractivity contribution in [1.82, 2.24) is 15.8 Å². The van der Waals surface area contributed by atoms with E-state index >= 15 is 0 Å². The van der Waals surface area contributed by atoms with Gasteiger partial charge in [0.1, 0.15) is 0 Å². The fourth-order valence-corrected chi connectivity index (χ4v) is 2.16. The number of urea groups is 1. The number of hydrogen-bond donors (Lipinski definition) is 2. The number of nitrogens with one attached hydrogen (secondary N) is 2. The summed E-state index contributed by atoms with van der Waals surface area (Å²) in [4.78, 5) is 11.3. The van der Waals surface area contributed by atoms with Gasteiger partial charge in [-0.25, -0.2) is 9.80 Å². The van der Waals surface area contributed by atoms with Crippen molar-refractivity contribution >= 4 is 6.03 Å². The zero-order valence-corrected chi connectivity index (χ0v) is 12.5. The van der Waals surface area contributed by atoms with Gasteiger partial charge >= 0.3 is 6.03 Å². The lowest BCUT2D eigenvalue weighted by molar-refractivity contribution is 0.227. The van der Waals surface area contributed by atoms with Crippen LogP contribution in [-0.4, -0.2) is 30.7 Å². The molecule has 112 valence electrons. The van der Waals surface area contributed by atoms with Gasteiger partial charge in [0.05, 0.1) is 0 Å². The summed E-state index contributed by atoms with van der Waals surface area (Å²) in [5.41, 5.74) is 2.77. The summed E-state index contributed by atoms with van der Waals surface area (Å²) in [5.74, 6) is 0. The predicted octanol–water partition coefficient (Wildman–Crippen LogP) is 3.44. The molecule has 2 amide bonds. The molecule has 0 aromatic heterocycles. The van der Waals surface area contributed by atoms with Crippen molar-refractivity contribution in [1.29, 1.82) is 0 Å². The third kappa shape index (κ3) is 10.8. The van der Waals surface area contributed by atoms with Crippen molar-refractivity contribution in [2.45, 2.75) is 71.1 Å². The topological polar surface area (TPSA) is 44.1 Å². The Hall–Kier alpha value is -0.770. The average Bonchev–Trinajstić information content (AvgIpc) is 3.20. The predicted molar refractivity (Wildman–Crippen MR) is 80.0 cm³/mol. The zero-order chi connectivity index (χ0) is 13.8. The second-order valence-electron chi connectivity index (χ2n) is 5.54. The van der Waals surface area contributed by atoms with Crippen LogP contribution in [0.4, 0.5) is 4.79 Å². The van der Waals surface area contributed by atoms with E-state index in [4.69, 9.17) is 0 Å². The van der Waals surface area contributed by atoms with Gasteiger partial charge in [0, 0.05) is 19.6 Å². The Kier molecular flexibility index (Phi) is 9.51. The lowest BCUT2D eigenvalue weighted by Gasteiger charge is -2.07. The molecule has 0 aliphatic carbocycles. The highest BCUT2D eigenvalue weighted by molar-refractivity contribution is 5.73. The van der Waals surface area contributed by atoms with E-state index in [0.29, 0.717) is 0 Å². The summed E-state index contributed by atoms with van der Waals surface area (Å²) < 4.78 is 0. The molecule has 0 aromatic carbocycles. The monoisotopic (exact) mass is 269 g/mol. The second kappa shape index (κ2) is 11.1. The molecule has 19 heavy (non-hydrogen) atoms. The van der Waals surface area contributed by atoms with Crippen LogP contribution in [0, 0.1) is 0 Å². The van der Waals surface area contributed by atoms with Gasteiger partial charge in [-0.2, -0.15) is 0 Å². The summed E-state index contributed by atoms with van der Waals surface area (Å²) in [6.07, 6.45) is 13.3. The second-order valence-corrected chi connectivity index (χ2v) is 5.54. The van der Waals surface area contributed by atoms with Crippen molar-refractivity contribution in [2.75, 3.05) is 19.6 Å². The fraction of sp³-hybridized carbons (Fsp3) is 0.933. The van der Waals surface area contributed by atoms with Crippen LogP contribution in [0.3, 0.4) is 0 Å². The number of hydrazine groups is 1. The van der Waals surface area contributed by atoms with Gasteiger partial charge in [-0.1, -0.05) is 64.7 Å². The Morgan fingerprint density at radius 3 is 1.95 bits per heavy atom. The first kappa shape index (κ1) is 16.3. The van der Waals surface area contributed by atoms with Crippen LogP contribution >= 0.6 is 0 Å². The van der Waals surface area contributed by atoms with Gasteiger partial charge in [0.15, 0.2) is 0 Å². The highest BCUT2D eigenvalue weighted by Gasteiger charge is 2.18. The van der Waals surface area contributed by atoms with Gasteiger partial charge in [0.25, 0.3) is 0 Å². The van der Waals surface area contributed by atoms with E-state index in [2.05, 4.69) is 17.7 Å². The van der Waals surface area contributed by atoms with Crippen LogP contribution in [0.1, 0.15) is 71.1 Å². The third-order valence-corrected chi connectivity index (χ3v) is 3.52. The summed E-state index contributed by atoms with van der Waals surface area (Å²) in [5, 5.41) is 4.78. The lowest BCUT2D eigenvalue weighted by Crippen LogP contribution is -2.39. The van der Waals surface area contributed by atoms with Crippen LogP contribution < -0.4 is 10.7 Å². The van der Waals surface area contributed by atoms with Crippen molar-refractivity contribution in [3.8, 4) is 0 Å². The van der Waals surface area contributed by atoms with Crippen LogP contribution in [0.15, 0.2) is 0 Å². The SMILES string of the molecule is CCCCCCCCCCCCNC(=O)NN1CC1. The Morgan fingerprint density at radius 2 is 1.42 bits per heavy atom. The molecule has 0 unspecified atom stereocenters. The van der Waals surface area contributed by atoms with E-state index in [1.54, 1.807) is 0 Å². The zero-order valence-electron chi connectivity index (χ0n) is 12.5. The minimum Gasteiger partial charge on any atom is -0.337 e. The minimum absolute atomic E-state index is 0.0478. The first-order valence-electron chi connectivity index (χ1n) is 8.12. The molecule has 0 aromatic rings. The molecule has 1 heterocycles. The number of carbonyl (C=O) groups excluding carboxylic acids is 1. The summed E-state index contributed by atoms with van der Waals surface area (Å²) in [6.45, 7) is 5.05. The highest BCUT2D eigenvalue weighted by Crippen LogP contribution is 2.10. The molecule has 1 aliphatic heterocycles. The first-order valence-corrected chi connectivity index (χ1v) is 8.12. The molecule has 1 saturated heterocycles. The minimum atomic E-state index is -0.0478. The Balaban J connectivity index is 1.70. The number of carbonyl (C=O) groups is 1. The highest BCUT2D eigenvalue weighted by atomic mass is 16.2. The smallest absolute Gasteiger partial charge is 0.329 e. The number of unbranched alkanes of at least 4 members (excludes halogenated alkanes) is 9. The van der Waals surface area contributed by atoms with Crippen molar-refractivity contribution in [3.63, 3.8) is 0 Å². The van der Waals surface area contributed by atoms with Gasteiger partial charge in [-0.3, -0.25) is 5.43 Å². The van der Waals surface area contributed by atoms with Crippen molar-refractivity contribution < 1.29 is 4.79 Å². The quantitative estimate of drug-likeness (QED) is 0.421. The van der Waals surface area contributed by atoms with Crippen LogP contribution in [-0.2, 0) is 0 Å². The average molecular weight is 269 g/mol. The maximum atomic E-state index is 11.3. The van der Waals surface area contributed by atoms with Crippen molar-refractivity contribution in [3.05, 3.63) is 0 Å². The van der Waals surface area contributed by atoms with Crippen molar-refractivity contribution in [2.24, 2.45) is 0 Å². The van der Waals surface area contributed by atoms with Crippen LogP contribution in [0.5, 0.6) is 0 Å². The number of amides is 2. The van der Waals surface area contributed by atoms with E-state index in [-0.39, 0.29) is 6.03 Å². The molecule has 1 rings (SSSR count). The molecule has 0 radical (unpaired) electrons. The molecule has 4 heteroatoms. The van der Waals surface area contributed by atoms with Gasteiger partial charge in [0.2, 0.25) is 0 Å². The van der Waals surface area contributed by atoms with Gasteiger partial charge < -0.3 is 5.32 Å². The molecule has 1 fully saturated rings. The molecular formula is C15H31N3O. The largest absolute Gasteiger partial charge is 0.337 e. The van der Waals surface area contributed by atoms with E-state index in [1.165, 1.54) is 57.8 Å². The van der Waals surface area contributed by atoms with E-state index in [1.807, 2.05) is 5.01 Å². The van der Waals surface area contributed by atoms with E-state index in [9.17, 15) is 4.79 Å². The van der Waals surface area contributed by atoms with Gasteiger partial charge in [-0.15, -0.1) is 0 Å². The third-order valence-electron chi connectivity index (χ3n) is 3.52. The standard InChI is InChI=1S/C15H31N3O/c1-2-3-4-5-6-7-8-9-10-11-12-16-15(19)17-18-13-14-18/h2-14H2,1H3,(H2,16,17,19). The van der Waals surface area contributed by atoms with Crippen LogP contribution in [0.25, 0.3) is 0 Å². The summed E-state index contributed by atoms with van der Waals surface area (Å²) in [6, 6.07) is -0.0478. The van der Waals surface area contributed by atoms with Crippen LogP contribution in [0.2, 0.25) is 0 Å². The number of hydrogen-bond acceptors (Lipinski definition) is 2. The number of rotatable bonds is 12. The maximum absolute atomic E-state index is 11.3. The maximum Gasteiger partial charge on any atom is 0.329 e. The molecule has 0 spiro atoms. The first-order chi connectivity index (χ1) is 9.33. The van der Waals surface area contributed by atoms with E-state index in [0.717, 1.165) is 26.1 Å². The molecule has 1 aliphatic rings.